The maximum absolute atomic E-state index is 12.3. The van der Waals surface area contributed by atoms with Gasteiger partial charge in [0.05, 0.1) is 11.6 Å². The van der Waals surface area contributed by atoms with Gasteiger partial charge in [-0.3, -0.25) is 14.6 Å². The van der Waals surface area contributed by atoms with Crippen molar-refractivity contribution in [2.45, 2.75) is 6.04 Å². The van der Waals surface area contributed by atoms with E-state index in [2.05, 4.69) is 4.98 Å². The molecule has 2 aromatic rings. The number of likely N-dealkylation sites (tertiary alicyclic amines) is 1. The van der Waals surface area contributed by atoms with E-state index in [0.29, 0.717) is 10.6 Å². The Labute approximate surface area is 137 Å². The Bertz CT molecular complexity index is 818. The summed E-state index contributed by atoms with van der Waals surface area (Å²) in [6.07, 6.45) is 1.51. The molecule has 1 aliphatic heterocycles. The van der Waals surface area contributed by atoms with E-state index in [1.54, 1.807) is 42.5 Å². The van der Waals surface area contributed by atoms with E-state index in [1.165, 1.54) is 18.1 Å². The van der Waals surface area contributed by atoms with Crippen LogP contribution in [0.3, 0.4) is 0 Å². The molecule has 0 radical (unpaired) electrons. The highest BCUT2D eigenvalue weighted by atomic mass is 35.5. The third kappa shape index (κ3) is 2.59. The summed E-state index contributed by atoms with van der Waals surface area (Å²) in [5.74, 6) is -1.70. The van der Waals surface area contributed by atoms with Crippen LogP contribution in [0.5, 0.6) is 0 Å². The van der Waals surface area contributed by atoms with Crippen molar-refractivity contribution in [2.75, 3.05) is 7.05 Å². The molecule has 1 amide bonds. The van der Waals surface area contributed by atoms with E-state index in [1.807, 2.05) is 0 Å². The van der Waals surface area contributed by atoms with Gasteiger partial charge in [0.15, 0.2) is 5.76 Å². The Hall–Kier alpha value is -2.66. The molecule has 116 valence electrons. The number of rotatable bonds is 2. The number of aromatic nitrogens is 1. The summed E-state index contributed by atoms with van der Waals surface area (Å²) in [6, 6.07) is 11.1. The molecule has 1 atom stereocenters. The summed E-state index contributed by atoms with van der Waals surface area (Å²) in [4.78, 5) is 29.8. The number of aliphatic hydroxyl groups is 1. The fourth-order valence-corrected chi connectivity index (χ4v) is 2.85. The number of Topliss-reactive ketones (excluding diaryl/α,β-unsaturated/α-hetero) is 1. The van der Waals surface area contributed by atoms with Gasteiger partial charge in [0.2, 0.25) is 0 Å². The second-order valence-electron chi connectivity index (χ2n) is 5.18. The molecular formula is C17H13ClN2O3. The Morgan fingerprint density at radius 3 is 2.65 bits per heavy atom. The van der Waals surface area contributed by atoms with Crippen LogP contribution < -0.4 is 0 Å². The summed E-state index contributed by atoms with van der Waals surface area (Å²) in [5.41, 5.74) is 0.904. The van der Waals surface area contributed by atoms with Crippen LogP contribution >= 0.6 is 11.6 Å². The van der Waals surface area contributed by atoms with Crippen LogP contribution in [-0.4, -0.2) is 33.7 Å². The number of amides is 1. The lowest BCUT2D eigenvalue weighted by molar-refractivity contribution is -0.139. The molecule has 6 heteroatoms. The van der Waals surface area contributed by atoms with Crippen molar-refractivity contribution in [3.63, 3.8) is 0 Å². The number of ketones is 1. The van der Waals surface area contributed by atoms with Gasteiger partial charge in [-0.1, -0.05) is 29.8 Å². The predicted molar refractivity (Wildman–Crippen MR) is 85.8 cm³/mol. The highest BCUT2D eigenvalue weighted by Crippen LogP contribution is 2.38. The minimum atomic E-state index is -0.736. The molecule has 1 aromatic heterocycles. The predicted octanol–water partition coefficient (Wildman–Crippen LogP) is 2.79. The van der Waals surface area contributed by atoms with Crippen molar-refractivity contribution >= 4 is 29.1 Å². The van der Waals surface area contributed by atoms with Crippen molar-refractivity contribution in [2.24, 2.45) is 0 Å². The number of hydrogen-bond acceptors (Lipinski definition) is 4. The molecule has 0 spiro atoms. The Morgan fingerprint density at radius 1 is 1.22 bits per heavy atom. The Balaban J connectivity index is 2.19. The number of carbonyl (C=O) groups is 2. The number of likely N-dealkylation sites (N-methyl/N-ethyl adjacent to an activating group) is 1. The van der Waals surface area contributed by atoms with Gasteiger partial charge in [-0.2, -0.15) is 0 Å². The first kappa shape index (κ1) is 15.2. The molecule has 1 fully saturated rings. The minimum Gasteiger partial charge on any atom is -0.505 e. The molecule has 1 unspecified atom stereocenters. The van der Waals surface area contributed by atoms with Crippen LogP contribution in [0.25, 0.3) is 5.76 Å². The molecule has 1 N–H and O–H groups in total. The zero-order valence-corrected chi connectivity index (χ0v) is 13.0. The van der Waals surface area contributed by atoms with Gasteiger partial charge in [0.1, 0.15) is 5.69 Å². The third-order valence-electron chi connectivity index (χ3n) is 3.75. The minimum absolute atomic E-state index is 0.0125. The summed E-state index contributed by atoms with van der Waals surface area (Å²) in [5, 5.41) is 11.0. The largest absolute Gasteiger partial charge is 0.505 e. The highest BCUT2D eigenvalue weighted by molar-refractivity contribution is 6.46. The molecule has 1 aliphatic rings. The third-order valence-corrected chi connectivity index (χ3v) is 3.98. The van der Waals surface area contributed by atoms with Crippen LogP contribution in [0.4, 0.5) is 0 Å². The second kappa shape index (κ2) is 5.85. The van der Waals surface area contributed by atoms with Crippen LogP contribution in [0, 0.1) is 0 Å². The summed E-state index contributed by atoms with van der Waals surface area (Å²) >= 11 is 6.01. The lowest BCUT2D eigenvalue weighted by Crippen LogP contribution is -2.24. The molecule has 0 bridgehead atoms. The highest BCUT2D eigenvalue weighted by Gasteiger charge is 2.44. The quantitative estimate of drug-likeness (QED) is 0.523. The van der Waals surface area contributed by atoms with E-state index in [4.69, 9.17) is 11.6 Å². The first-order chi connectivity index (χ1) is 11.0. The molecule has 0 aliphatic carbocycles. The van der Waals surface area contributed by atoms with Gasteiger partial charge < -0.3 is 10.0 Å². The topological polar surface area (TPSA) is 70.5 Å². The number of aliphatic hydroxyl groups excluding tert-OH is 1. The fraction of sp³-hybridized carbons (Fsp3) is 0.118. The van der Waals surface area contributed by atoms with Gasteiger partial charge >= 0.3 is 0 Å². The van der Waals surface area contributed by atoms with E-state index >= 15 is 0 Å². The van der Waals surface area contributed by atoms with Crippen molar-refractivity contribution in [3.05, 3.63) is 70.5 Å². The van der Waals surface area contributed by atoms with E-state index < -0.39 is 17.7 Å². The van der Waals surface area contributed by atoms with Gasteiger partial charge in [-0.05, 0) is 29.8 Å². The normalized spacial score (nSPS) is 20.1. The van der Waals surface area contributed by atoms with Crippen LogP contribution in [0.1, 0.15) is 17.3 Å². The number of hydrogen-bond donors (Lipinski definition) is 1. The standard InChI is InChI=1S/C17H13ClN2O3/c1-20-14(10-5-4-6-11(18)9-10)13(16(22)17(20)23)15(21)12-7-2-3-8-19-12/h2-9,14,21H,1H3/b15-13+. The second-order valence-corrected chi connectivity index (χ2v) is 5.62. The Morgan fingerprint density at radius 2 is 2.00 bits per heavy atom. The molecular weight excluding hydrogens is 316 g/mol. The van der Waals surface area contributed by atoms with Gasteiger partial charge in [-0.15, -0.1) is 0 Å². The first-order valence-electron chi connectivity index (χ1n) is 6.92. The van der Waals surface area contributed by atoms with Crippen molar-refractivity contribution < 1.29 is 14.7 Å². The summed E-state index contributed by atoms with van der Waals surface area (Å²) in [7, 11) is 1.52. The molecule has 0 saturated carbocycles. The molecule has 2 heterocycles. The monoisotopic (exact) mass is 328 g/mol. The average Bonchev–Trinajstić information content (AvgIpc) is 2.79. The van der Waals surface area contributed by atoms with E-state index in [0.717, 1.165) is 0 Å². The summed E-state index contributed by atoms with van der Waals surface area (Å²) < 4.78 is 0. The molecule has 3 rings (SSSR count). The number of halogens is 1. The molecule has 1 saturated heterocycles. The maximum Gasteiger partial charge on any atom is 0.295 e. The zero-order chi connectivity index (χ0) is 16.6. The lowest BCUT2D eigenvalue weighted by atomic mass is 9.97. The van der Waals surface area contributed by atoms with E-state index in [9.17, 15) is 14.7 Å². The fourth-order valence-electron chi connectivity index (χ4n) is 2.66. The number of benzene rings is 1. The van der Waals surface area contributed by atoms with Crippen molar-refractivity contribution in [1.29, 1.82) is 0 Å². The molecule has 1 aromatic carbocycles. The van der Waals surface area contributed by atoms with Crippen molar-refractivity contribution in [1.82, 2.24) is 9.88 Å². The smallest absolute Gasteiger partial charge is 0.295 e. The van der Waals surface area contributed by atoms with Crippen LogP contribution in [0.2, 0.25) is 5.02 Å². The zero-order valence-electron chi connectivity index (χ0n) is 12.2. The first-order valence-corrected chi connectivity index (χ1v) is 7.30. The van der Waals surface area contributed by atoms with Gasteiger partial charge in [-0.25, -0.2) is 0 Å². The van der Waals surface area contributed by atoms with Gasteiger partial charge in [0, 0.05) is 18.3 Å². The van der Waals surface area contributed by atoms with E-state index in [-0.39, 0.29) is 17.0 Å². The van der Waals surface area contributed by atoms with Crippen LogP contribution in [-0.2, 0) is 9.59 Å². The average molecular weight is 329 g/mol. The number of carbonyl (C=O) groups excluding carboxylic acids is 2. The van der Waals surface area contributed by atoms with Crippen molar-refractivity contribution in [3.8, 4) is 0 Å². The SMILES string of the molecule is CN1C(=O)C(=O)/C(=C(/O)c2ccccn2)C1c1cccc(Cl)c1. The lowest BCUT2D eigenvalue weighted by Gasteiger charge is -2.21. The molecule has 23 heavy (non-hydrogen) atoms. The maximum atomic E-state index is 12.3. The summed E-state index contributed by atoms with van der Waals surface area (Å²) in [6.45, 7) is 0. The Kier molecular flexibility index (Phi) is 3.88. The van der Waals surface area contributed by atoms with Gasteiger partial charge in [0.25, 0.3) is 11.7 Å². The molecule has 5 nitrogen and oxygen atoms in total. The number of nitrogens with zero attached hydrogens (tertiary/aromatic N) is 2. The number of pyridine rings is 1. The van der Waals surface area contributed by atoms with Crippen LogP contribution in [0.15, 0.2) is 54.2 Å².